The fraction of sp³-hybridized carbons (Fsp3) is 0.316. The summed E-state index contributed by atoms with van der Waals surface area (Å²) >= 11 is 11.8. The van der Waals surface area contributed by atoms with E-state index in [1.54, 1.807) is 36.3 Å². The number of hydrogen-bond donors (Lipinski definition) is 0. The lowest BCUT2D eigenvalue weighted by Gasteiger charge is -2.34. The van der Waals surface area contributed by atoms with Crippen LogP contribution in [-0.4, -0.2) is 63.4 Å². The minimum atomic E-state index is -3.70. The van der Waals surface area contributed by atoms with Crippen LogP contribution in [0.1, 0.15) is 0 Å². The highest BCUT2D eigenvalue weighted by Crippen LogP contribution is 2.27. The summed E-state index contributed by atoms with van der Waals surface area (Å²) in [6.45, 7) is 0.830. The Morgan fingerprint density at radius 3 is 2.17 bits per heavy atom. The SMILES string of the molecule is COc1ccc(OCC(=O)N2CCN(S(=O)(=O)c3ccc(Cl)c(Cl)c3)CC2)cc1. The maximum absolute atomic E-state index is 12.8. The lowest BCUT2D eigenvalue weighted by atomic mass is 10.3. The Bertz CT molecular complexity index is 975. The molecule has 10 heteroatoms. The number of carbonyl (C=O) groups is 1. The first kappa shape index (κ1) is 21.7. The predicted molar refractivity (Wildman–Crippen MR) is 110 cm³/mol. The molecule has 29 heavy (non-hydrogen) atoms. The van der Waals surface area contributed by atoms with Crippen molar-refractivity contribution in [3.05, 3.63) is 52.5 Å². The van der Waals surface area contributed by atoms with Crippen molar-refractivity contribution in [2.24, 2.45) is 0 Å². The number of ether oxygens (including phenoxy) is 2. The third kappa shape index (κ3) is 5.14. The second-order valence-electron chi connectivity index (χ2n) is 6.32. The van der Waals surface area contributed by atoms with Crippen LogP contribution in [0.4, 0.5) is 0 Å². The summed E-state index contributed by atoms with van der Waals surface area (Å²) in [7, 11) is -2.13. The Balaban J connectivity index is 1.54. The summed E-state index contributed by atoms with van der Waals surface area (Å²) < 4.78 is 37.5. The highest BCUT2D eigenvalue weighted by molar-refractivity contribution is 7.89. The summed E-state index contributed by atoms with van der Waals surface area (Å²) in [4.78, 5) is 14.0. The van der Waals surface area contributed by atoms with Gasteiger partial charge in [0.2, 0.25) is 10.0 Å². The Morgan fingerprint density at radius 2 is 1.59 bits per heavy atom. The second-order valence-corrected chi connectivity index (χ2v) is 9.08. The van der Waals surface area contributed by atoms with Crippen LogP contribution in [0.2, 0.25) is 10.0 Å². The van der Waals surface area contributed by atoms with Gasteiger partial charge < -0.3 is 14.4 Å². The van der Waals surface area contributed by atoms with Crippen LogP contribution in [-0.2, 0) is 14.8 Å². The molecule has 0 N–H and O–H groups in total. The number of halogens is 2. The number of hydrogen-bond acceptors (Lipinski definition) is 5. The molecule has 1 amide bonds. The maximum Gasteiger partial charge on any atom is 0.260 e. The van der Waals surface area contributed by atoms with E-state index in [1.807, 2.05) is 0 Å². The molecule has 3 rings (SSSR count). The average Bonchev–Trinajstić information content (AvgIpc) is 2.74. The lowest BCUT2D eigenvalue weighted by Crippen LogP contribution is -2.51. The molecule has 0 bridgehead atoms. The van der Waals surface area contributed by atoms with Crippen molar-refractivity contribution < 1.29 is 22.7 Å². The molecule has 0 radical (unpaired) electrons. The number of carbonyl (C=O) groups excluding carboxylic acids is 1. The first-order valence-corrected chi connectivity index (χ1v) is 11.0. The van der Waals surface area contributed by atoms with E-state index >= 15 is 0 Å². The Labute approximate surface area is 179 Å². The number of sulfonamides is 1. The molecule has 0 aliphatic carbocycles. The van der Waals surface area contributed by atoms with Crippen LogP contribution >= 0.6 is 23.2 Å². The largest absolute Gasteiger partial charge is 0.497 e. The van der Waals surface area contributed by atoms with Crippen molar-refractivity contribution in [3.63, 3.8) is 0 Å². The minimum absolute atomic E-state index is 0.0783. The highest BCUT2D eigenvalue weighted by atomic mass is 35.5. The van der Waals surface area contributed by atoms with Crippen molar-refractivity contribution in [2.75, 3.05) is 39.9 Å². The fourth-order valence-corrected chi connectivity index (χ4v) is 4.68. The molecule has 2 aromatic carbocycles. The fourth-order valence-electron chi connectivity index (χ4n) is 2.87. The predicted octanol–water partition coefficient (Wildman–Crippen LogP) is 2.91. The van der Waals surface area contributed by atoms with Crippen LogP contribution in [0.3, 0.4) is 0 Å². The van der Waals surface area contributed by atoms with Crippen LogP contribution in [0.25, 0.3) is 0 Å². The average molecular weight is 459 g/mol. The van der Waals surface area contributed by atoms with Crippen molar-refractivity contribution in [1.82, 2.24) is 9.21 Å². The van der Waals surface area contributed by atoms with Gasteiger partial charge in [-0.25, -0.2) is 8.42 Å². The van der Waals surface area contributed by atoms with Gasteiger partial charge in [-0.05, 0) is 42.5 Å². The van der Waals surface area contributed by atoms with E-state index in [-0.39, 0.29) is 53.6 Å². The van der Waals surface area contributed by atoms with E-state index < -0.39 is 10.0 Å². The van der Waals surface area contributed by atoms with E-state index in [1.165, 1.54) is 22.5 Å². The summed E-state index contributed by atoms with van der Waals surface area (Å²) in [5.74, 6) is 1.05. The molecule has 1 aliphatic heterocycles. The van der Waals surface area contributed by atoms with E-state index in [0.717, 1.165) is 0 Å². The molecule has 7 nitrogen and oxygen atoms in total. The number of benzene rings is 2. The van der Waals surface area contributed by atoms with Gasteiger partial charge >= 0.3 is 0 Å². The quantitative estimate of drug-likeness (QED) is 0.664. The van der Waals surface area contributed by atoms with Crippen LogP contribution in [0, 0.1) is 0 Å². The third-order valence-electron chi connectivity index (χ3n) is 4.54. The van der Waals surface area contributed by atoms with Crippen molar-refractivity contribution >= 4 is 39.1 Å². The van der Waals surface area contributed by atoms with E-state index in [2.05, 4.69) is 0 Å². The topological polar surface area (TPSA) is 76.2 Å². The summed E-state index contributed by atoms with van der Waals surface area (Å²) in [5.41, 5.74) is 0. The normalized spacial score (nSPS) is 15.2. The number of amides is 1. The number of rotatable bonds is 6. The van der Waals surface area contributed by atoms with Gasteiger partial charge in [-0.3, -0.25) is 4.79 Å². The van der Waals surface area contributed by atoms with Gasteiger partial charge in [-0.1, -0.05) is 23.2 Å². The van der Waals surface area contributed by atoms with Crippen molar-refractivity contribution in [2.45, 2.75) is 4.90 Å². The monoisotopic (exact) mass is 458 g/mol. The molecule has 1 saturated heterocycles. The molecular formula is C19H20Cl2N2O5S. The van der Waals surface area contributed by atoms with Crippen molar-refractivity contribution in [1.29, 1.82) is 0 Å². The molecule has 1 heterocycles. The standard InChI is InChI=1S/C19H20Cl2N2O5S/c1-27-14-2-4-15(5-3-14)28-13-19(24)22-8-10-23(11-9-22)29(25,26)16-6-7-17(20)18(21)12-16/h2-7,12H,8-11,13H2,1H3. The number of methoxy groups -OCH3 is 1. The molecule has 1 fully saturated rings. The van der Waals surface area contributed by atoms with Gasteiger partial charge in [-0.15, -0.1) is 0 Å². The number of piperazine rings is 1. The van der Waals surface area contributed by atoms with Crippen LogP contribution in [0.5, 0.6) is 11.5 Å². The minimum Gasteiger partial charge on any atom is -0.497 e. The van der Waals surface area contributed by atoms with Gasteiger partial charge in [0, 0.05) is 26.2 Å². The molecule has 0 unspecified atom stereocenters. The molecule has 0 saturated carbocycles. The van der Waals surface area contributed by atoms with Gasteiger partial charge in [0.1, 0.15) is 11.5 Å². The molecular weight excluding hydrogens is 439 g/mol. The molecule has 2 aromatic rings. The molecule has 0 spiro atoms. The van der Waals surface area contributed by atoms with Gasteiger partial charge in [0.25, 0.3) is 5.91 Å². The smallest absolute Gasteiger partial charge is 0.260 e. The Morgan fingerprint density at radius 1 is 0.966 bits per heavy atom. The Hall–Kier alpha value is -2.00. The van der Waals surface area contributed by atoms with E-state index in [0.29, 0.717) is 11.5 Å². The van der Waals surface area contributed by atoms with E-state index in [4.69, 9.17) is 32.7 Å². The van der Waals surface area contributed by atoms with Crippen LogP contribution < -0.4 is 9.47 Å². The zero-order chi connectivity index (χ0) is 21.0. The molecule has 0 atom stereocenters. The number of nitrogens with zero attached hydrogens (tertiary/aromatic N) is 2. The lowest BCUT2D eigenvalue weighted by molar-refractivity contribution is -0.134. The summed E-state index contributed by atoms with van der Waals surface area (Å²) in [5, 5.41) is 0.468. The molecule has 1 aliphatic rings. The van der Waals surface area contributed by atoms with Gasteiger partial charge in [0.15, 0.2) is 6.61 Å². The first-order chi connectivity index (χ1) is 13.8. The summed E-state index contributed by atoms with van der Waals surface area (Å²) in [6, 6.07) is 11.1. The third-order valence-corrected chi connectivity index (χ3v) is 7.18. The van der Waals surface area contributed by atoms with Crippen LogP contribution in [0.15, 0.2) is 47.4 Å². The molecule has 0 aromatic heterocycles. The second kappa shape index (κ2) is 9.21. The maximum atomic E-state index is 12.8. The van der Waals surface area contributed by atoms with Crippen molar-refractivity contribution in [3.8, 4) is 11.5 Å². The van der Waals surface area contributed by atoms with Gasteiger partial charge in [0.05, 0.1) is 22.1 Å². The Kier molecular flexibility index (Phi) is 6.89. The summed E-state index contributed by atoms with van der Waals surface area (Å²) in [6.07, 6.45) is 0. The first-order valence-electron chi connectivity index (χ1n) is 8.81. The zero-order valence-electron chi connectivity index (χ0n) is 15.7. The van der Waals surface area contributed by atoms with Gasteiger partial charge in [-0.2, -0.15) is 4.31 Å². The zero-order valence-corrected chi connectivity index (χ0v) is 18.0. The molecule has 156 valence electrons. The van der Waals surface area contributed by atoms with E-state index in [9.17, 15) is 13.2 Å². The highest BCUT2D eigenvalue weighted by Gasteiger charge is 2.30.